The minimum absolute atomic E-state index is 0.122. The Morgan fingerprint density at radius 3 is 2.67 bits per heavy atom. The second-order valence-electron chi connectivity index (χ2n) is 4.79. The van der Waals surface area contributed by atoms with E-state index in [9.17, 15) is 13.2 Å². The quantitative estimate of drug-likeness (QED) is 0.654. The molecule has 98 valence electrons. The molecule has 2 rings (SSSR count). The minimum atomic E-state index is -3.28. The van der Waals surface area contributed by atoms with Crippen molar-refractivity contribution in [3.63, 3.8) is 0 Å². The highest BCUT2D eigenvalue weighted by Gasteiger charge is 2.35. The van der Waals surface area contributed by atoms with Crippen LogP contribution in [0.2, 0.25) is 0 Å². The molecule has 1 aliphatic rings. The van der Waals surface area contributed by atoms with Crippen LogP contribution in [0, 0.1) is 6.92 Å². The number of hydrogen-bond acceptors (Lipinski definition) is 4. The monoisotopic (exact) mass is 267 g/mol. The first-order chi connectivity index (χ1) is 8.42. The normalized spacial score (nSPS) is 22.6. The van der Waals surface area contributed by atoms with Gasteiger partial charge in [-0.2, -0.15) is 0 Å². The van der Waals surface area contributed by atoms with Crippen LogP contribution in [-0.4, -0.2) is 25.2 Å². The molecule has 0 radical (unpaired) electrons. The molecule has 1 aromatic carbocycles. The molecule has 1 fully saturated rings. The SMILES string of the molecule is Cc1cc(N)ccc1C(=O)C1CCCCS1(=O)=O. The van der Waals surface area contributed by atoms with E-state index < -0.39 is 15.1 Å². The van der Waals surface area contributed by atoms with E-state index >= 15 is 0 Å². The molecule has 1 aromatic rings. The molecule has 5 heteroatoms. The van der Waals surface area contributed by atoms with Crippen molar-refractivity contribution in [3.8, 4) is 0 Å². The van der Waals surface area contributed by atoms with E-state index in [1.54, 1.807) is 25.1 Å². The van der Waals surface area contributed by atoms with Crippen LogP contribution in [0.5, 0.6) is 0 Å². The summed E-state index contributed by atoms with van der Waals surface area (Å²) in [5.41, 5.74) is 7.42. The highest BCUT2D eigenvalue weighted by molar-refractivity contribution is 7.92. The van der Waals surface area contributed by atoms with Crippen LogP contribution in [0.4, 0.5) is 5.69 Å². The number of ketones is 1. The molecule has 0 bridgehead atoms. The Kier molecular flexibility index (Phi) is 3.43. The van der Waals surface area contributed by atoms with Crippen molar-refractivity contribution >= 4 is 21.3 Å². The van der Waals surface area contributed by atoms with Crippen molar-refractivity contribution in [2.45, 2.75) is 31.4 Å². The van der Waals surface area contributed by atoms with Crippen LogP contribution in [0.15, 0.2) is 18.2 Å². The Hall–Kier alpha value is -1.36. The molecule has 1 heterocycles. The lowest BCUT2D eigenvalue weighted by atomic mass is 9.99. The minimum Gasteiger partial charge on any atom is -0.399 e. The van der Waals surface area contributed by atoms with Gasteiger partial charge < -0.3 is 5.73 Å². The summed E-state index contributed by atoms with van der Waals surface area (Å²) in [7, 11) is -3.28. The van der Waals surface area contributed by atoms with Gasteiger partial charge in [0.1, 0.15) is 5.25 Å². The standard InChI is InChI=1S/C13H17NO3S/c1-9-8-10(14)5-6-11(9)13(15)12-4-2-3-7-18(12,16)17/h5-6,8,12H,2-4,7,14H2,1H3. The molecule has 0 spiro atoms. The van der Waals surface area contributed by atoms with E-state index in [1.807, 2.05) is 0 Å². The fraction of sp³-hybridized carbons (Fsp3) is 0.462. The molecule has 2 N–H and O–H groups in total. The Morgan fingerprint density at radius 2 is 2.06 bits per heavy atom. The van der Waals surface area contributed by atoms with Gasteiger partial charge >= 0.3 is 0 Å². The summed E-state index contributed by atoms with van der Waals surface area (Å²) < 4.78 is 23.9. The molecule has 0 amide bonds. The van der Waals surface area contributed by atoms with Gasteiger partial charge in [0, 0.05) is 11.3 Å². The molecule has 4 nitrogen and oxygen atoms in total. The zero-order chi connectivity index (χ0) is 13.3. The van der Waals surface area contributed by atoms with Gasteiger partial charge in [-0.3, -0.25) is 4.79 Å². The first-order valence-electron chi connectivity index (χ1n) is 6.04. The second kappa shape index (κ2) is 4.72. The Morgan fingerprint density at radius 1 is 1.33 bits per heavy atom. The summed E-state index contributed by atoms with van der Waals surface area (Å²) in [5.74, 6) is -0.163. The number of benzene rings is 1. The Bertz CT molecular complexity index is 578. The van der Waals surface area contributed by atoms with Gasteiger partial charge in [-0.1, -0.05) is 6.42 Å². The van der Waals surface area contributed by atoms with Crippen molar-refractivity contribution in [1.82, 2.24) is 0 Å². The van der Waals surface area contributed by atoms with Crippen LogP contribution in [0.3, 0.4) is 0 Å². The fourth-order valence-corrected chi connectivity index (χ4v) is 4.26. The first-order valence-corrected chi connectivity index (χ1v) is 7.75. The Balaban J connectivity index is 2.36. The lowest BCUT2D eigenvalue weighted by Gasteiger charge is -2.21. The average molecular weight is 267 g/mol. The summed E-state index contributed by atoms with van der Waals surface area (Å²) in [5, 5.41) is -0.867. The fourth-order valence-electron chi connectivity index (χ4n) is 2.39. The van der Waals surface area contributed by atoms with Gasteiger partial charge in [-0.25, -0.2) is 8.42 Å². The van der Waals surface area contributed by atoms with Gasteiger partial charge in [0.2, 0.25) is 0 Å². The molecule has 0 saturated carbocycles. The van der Waals surface area contributed by atoms with Crippen LogP contribution in [0.25, 0.3) is 0 Å². The van der Waals surface area contributed by atoms with Gasteiger partial charge in [0.15, 0.2) is 15.6 Å². The van der Waals surface area contributed by atoms with Gasteiger partial charge in [0.25, 0.3) is 0 Å². The first kappa shape index (κ1) is 13.1. The van der Waals surface area contributed by atoms with E-state index in [2.05, 4.69) is 0 Å². The summed E-state index contributed by atoms with van der Waals surface area (Å²) in [6.45, 7) is 1.78. The van der Waals surface area contributed by atoms with E-state index in [1.165, 1.54) is 0 Å². The third-order valence-corrected chi connectivity index (χ3v) is 5.56. The van der Waals surface area contributed by atoms with E-state index in [0.29, 0.717) is 24.1 Å². The van der Waals surface area contributed by atoms with Crippen LogP contribution in [0.1, 0.15) is 35.2 Å². The van der Waals surface area contributed by atoms with Crippen LogP contribution in [-0.2, 0) is 9.84 Å². The van der Waals surface area contributed by atoms with Gasteiger partial charge in [-0.15, -0.1) is 0 Å². The average Bonchev–Trinajstić information content (AvgIpc) is 2.27. The number of Topliss-reactive ketones (excluding diaryl/α,β-unsaturated/α-hetero) is 1. The number of carbonyl (C=O) groups excluding carboxylic acids is 1. The van der Waals surface area contributed by atoms with Gasteiger partial charge in [0.05, 0.1) is 5.75 Å². The number of rotatable bonds is 2. The summed E-state index contributed by atoms with van der Waals surface area (Å²) in [4.78, 5) is 12.3. The van der Waals surface area contributed by atoms with Crippen molar-refractivity contribution in [3.05, 3.63) is 29.3 Å². The molecule has 0 aromatic heterocycles. The predicted octanol–water partition coefficient (Wildman–Crippen LogP) is 1.73. The highest BCUT2D eigenvalue weighted by atomic mass is 32.2. The number of carbonyl (C=O) groups is 1. The molecular formula is C13H17NO3S. The molecule has 1 unspecified atom stereocenters. The molecule has 0 aliphatic carbocycles. The third-order valence-electron chi connectivity index (χ3n) is 3.39. The van der Waals surface area contributed by atoms with E-state index in [-0.39, 0.29) is 11.5 Å². The van der Waals surface area contributed by atoms with Crippen molar-refractivity contribution < 1.29 is 13.2 Å². The van der Waals surface area contributed by atoms with Crippen LogP contribution < -0.4 is 5.73 Å². The lowest BCUT2D eigenvalue weighted by Crippen LogP contribution is -2.35. The summed E-state index contributed by atoms with van der Waals surface area (Å²) in [6, 6.07) is 4.95. The van der Waals surface area contributed by atoms with E-state index in [4.69, 9.17) is 5.73 Å². The lowest BCUT2D eigenvalue weighted by molar-refractivity contribution is 0.0981. The molecule has 1 aliphatic heterocycles. The van der Waals surface area contributed by atoms with Crippen LogP contribution >= 0.6 is 0 Å². The third kappa shape index (κ3) is 2.41. The molecule has 1 atom stereocenters. The number of nitrogens with two attached hydrogens (primary N) is 1. The molecular weight excluding hydrogens is 250 g/mol. The molecule has 1 saturated heterocycles. The predicted molar refractivity (Wildman–Crippen MR) is 71.3 cm³/mol. The maximum Gasteiger partial charge on any atom is 0.181 e. The highest BCUT2D eigenvalue weighted by Crippen LogP contribution is 2.25. The zero-order valence-electron chi connectivity index (χ0n) is 10.3. The van der Waals surface area contributed by atoms with Gasteiger partial charge in [-0.05, 0) is 43.5 Å². The van der Waals surface area contributed by atoms with Crippen molar-refractivity contribution in [2.24, 2.45) is 0 Å². The maximum absolute atomic E-state index is 12.3. The Labute approximate surface area is 107 Å². The number of sulfone groups is 1. The number of aryl methyl sites for hydroxylation is 1. The summed E-state index contributed by atoms with van der Waals surface area (Å²) >= 11 is 0. The van der Waals surface area contributed by atoms with E-state index in [0.717, 1.165) is 12.0 Å². The number of nitrogen functional groups attached to an aromatic ring is 1. The zero-order valence-corrected chi connectivity index (χ0v) is 11.2. The summed E-state index contributed by atoms with van der Waals surface area (Å²) in [6.07, 6.45) is 1.89. The van der Waals surface area contributed by atoms with Crippen molar-refractivity contribution in [1.29, 1.82) is 0 Å². The second-order valence-corrected chi connectivity index (χ2v) is 7.09. The topological polar surface area (TPSA) is 77.2 Å². The smallest absolute Gasteiger partial charge is 0.181 e. The van der Waals surface area contributed by atoms with Crippen molar-refractivity contribution in [2.75, 3.05) is 11.5 Å². The largest absolute Gasteiger partial charge is 0.399 e. The maximum atomic E-state index is 12.3. The number of anilines is 1. The number of hydrogen-bond donors (Lipinski definition) is 1. The molecule has 18 heavy (non-hydrogen) atoms.